The highest BCUT2D eigenvalue weighted by Gasteiger charge is 2.34. The predicted octanol–water partition coefficient (Wildman–Crippen LogP) is -3.95. The average Bonchev–Trinajstić information content (AvgIpc) is 3.23. The number of aliphatic imine (C=N–C) groups is 1. The Morgan fingerprint density at radius 1 is 0.733 bits per heavy atom. The number of aromatic nitrogens is 2. The van der Waals surface area contributed by atoms with Crippen LogP contribution in [0.4, 0.5) is 0 Å². The second-order valence-electron chi connectivity index (χ2n) is 14.6. The fourth-order valence-electron chi connectivity index (χ4n) is 6.64. The van der Waals surface area contributed by atoms with Gasteiger partial charge in [0, 0.05) is 19.6 Å². The van der Waals surface area contributed by atoms with E-state index in [2.05, 4.69) is 20.3 Å². The molecule has 0 bridgehead atoms. The van der Waals surface area contributed by atoms with E-state index < -0.39 is 93.0 Å². The normalized spacial score (nSPS) is 16.8. The summed E-state index contributed by atoms with van der Waals surface area (Å²) < 4.78 is 0. The van der Waals surface area contributed by atoms with Crippen molar-refractivity contribution in [2.45, 2.75) is 93.4 Å². The Kier molecular flexibility index (Phi) is 21.0. The van der Waals surface area contributed by atoms with Crippen molar-refractivity contribution < 1.29 is 60.7 Å². The minimum atomic E-state index is -1.91. The van der Waals surface area contributed by atoms with Crippen LogP contribution in [-0.4, -0.2) is 184 Å². The van der Waals surface area contributed by atoms with E-state index in [0.29, 0.717) is 25.8 Å². The number of carbonyl (C=O) groups excluding carboxylic acids is 2. The minimum Gasteiger partial charge on any atom is -0.394 e. The number of primary amides is 2. The summed E-state index contributed by atoms with van der Waals surface area (Å²) in [5.41, 5.74) is 19.2. The van der Waals surface area contributed by atoms with E-state index >= 15 is 0 Å². The van der Waals surface area contributed by atoms with Crippen molar-refractivity contribution in [1.82, 2.24) is 20.2 Å². The molecule has 2 aromatic carbocycles. The number of unbranched alkanes of at least 4 members (excludes halogenated alkanes) is 1. The molecule has 0 saturated carbocycles. The number of aliphatic hydroxyl groups excluding tert-OH is 10. The number of amides is 2. The lowest BCUT2D eigenvalue weighted by molar-refractivity contribution is -0.130. The molecule has 0 unspecified atom stereocenters. The Labute approximate surface area is 352 Å². The molecule has 0 aliphatic carbocycles. The summed E-state index contributed by atoms with van der Waals surface area (Å²) >= 11 is 5.83. The van der Waals surface area contributed by atoms with Crippen LogP contribution in [0.2, 0.25) is 5.15 Å². The van der Waals surface area contributed by atoms with Gasteiger partial charge in [-0.2, -0.15) is 0 Å². The van der Waals surface area contributed by atoms with Crippen LogP contribution in [0.3, 0.4) is 0 Å². The van der Waals surface area contributed by atoms with Crippen LogP contribution in [0.15, 0.2) is 47.6 Å². The molecule has 3 rings (SSSR count). The summed E-state index contributed by atoms with van der Waals surface area (Å²) in [6.07, 6.45) is -9.97. The Hall–Kier alpha value is -4.00. The van der Waals surface area contributed by atoms with Gasteiger partial charge in [-0.25, -0.2) is 9.97 Å². The quantitative estimate of drug-likeness (QED) is 0.0188. The summed E-state index contributed by atoms with van der Waals surface area (Å²) in [6.45, 7) is -1.94. The van der Waals surface area contributed by atoms with Gasteiger partial charge in [-0.05, 0) is 73.5 Å². The first-order valence-electron chi connectivity index (χ1n) is 19.5. The molecule has 21 heteroatoms. The first-order valence-corrected chi connectivity index (χ1v) is 19.9. The number of fused-ring (bicyclic) bond motifs is 1. The summed E-state index contributed by atoms with van der Waals surface area (Å²) in [6, 6.07) is 11.2. The second kappa shape index (κ2) is 25.1. The first kappa shape index (κ1) is 50.4. The van der Waals surface area contributed by atoms with Gasteiger partial charge in [0.1, 0.15) is 53.3 Å². The minimum absolute atomic E-state index is 0.00536. The van der Waals surface area contributed by atoms with Crippen molar-refractivity contribution in [3.8, 4) is 0 Å². The smallest absolute Gasteiger partial charge is 0.269 e. The van der Waals surface area contributed by atoms with E-state index in [-0.39, 0.29) is 41.9 Å². The van der Waals surface area contributed by atoms with Crippen molar-refractivity contribution >= 4 is 40.0 Å². The molecule has 0 fully saturated rings. The Morgan fingerprint density at radius 2 is 1.27 bits per heavy atom. The summed E-state index contributed by atoms with van der Waals surface area (Å²) in [7, 11) is 0. The maximum Gasteiger partial charge on any atom is 0.269 e. The van der Waals surface area contributed by atoms with Crippen LogP contribution < -0.4 is 22.5 Å². The molecular weight excluding hydrogens is 808 g/mol. The van der Waals surface area contributed by atoms with Gasteiger partial charge in [-0.15, -0.1) is 0 Å². The molecule has 0 spiro atoms. The molecule has 334 valence electrons. The molecule has 2 amide bonds. The zero-order valence-corrected chi connectivity index (χ0v) is 33.9. The number of hydrogen-bond donors (Lipinski definition) is 14. The fourth-order valence-corrected chi connectivity index (χ4v) is 6.77. The summed E-state index contributed by atoms with van der Waals surface area (Å²) in [5.74, 6) is -1.38. The molecule has 0 radical (unpaired) electrons. The van der Waals surface area contributed by atoms with Gasteiger partial charge in [0.25, 0.3) is 5.91 Å². The Bertz CT molecular complexity index is 1820. The van der Waals surface area contributed by atoms with Crippen LogP contribution in [0.1, 0.15) is 53.0 Å². The molecule has 0 aliphatic heterocycles. The van der Waals surface area contributed by atoms with Gasteiger partial charge < -0.3 is 73.6 Å². The van der Waals surface area contributed by atoms with Crippen molar-refractivity contribution in [2.75, 3.05) is 45.9 Å². The number of rotatable bonds is 28. The lowest BCUT2D eigenvalue weighted by atomic mass is 9.93. The van der Waals surface area contributed by atoms with Gasteiger partial charge in [0.05, 0.1) is 37.7 Å². The van der Waals surface area contributed by atoms with Crippen LogP contribution in [0, 0.1) is 0 Å². The van der Waals surface area contributed by atoms with E-state index in [0.717, 1.165) is 34.7 Å². The van der Waals surface area contributed by atoms with Gasteiger partial charge in [-0.1, -0.05) is 48.0 Å². The van der Waals surface area contributed by atoms with Crippen molar-refractivity contribution in [3.63, 3.8) is 0 Å². The highest BCUT2D eigenvalue weighted by Crippen LogP contribution is 2.26. The Morgan fingerprint density at radius 3 is 1.78 bits per heavy atom. The topological polar surface area (TPSA) is 368 Å². The lowest BCUT2D eigenvalue weighted by Crippen LogP contribution is -2.53. The van der Waals surface area contributed by atoms with Crippen molar-refractivity contribution in [3.05, 3.63) is 70.3 Å². The first-order chi connectivity index (χ1) is 28.5. The number of nitrogens with two attached hydrogens (primary N) is 3. The molecular formula is C39H59ClN8O12. The zero-order chi connectivity index (χ0) is 44.5. The summed E-state index contributed by atoms with van der Waals surface area (Å²) in [4.78, 5) is 37.9. The number of aliphatic hydroxyl groups is 10. The largest absolute Gasteiger partial charge is 0.394 e. The number of hydrogen-bond acceptors (Lipinski definition) is 17. The zero-order valence-electron chi connectivity index (χ0n) is 33.1. The monoisotopic (exact) mass is 866 g/mol. The number of aryl methyl sites for hydroxylation is 2. The molecule has 17 N–H and O–H groups in total. The second-order valence-corrected chi connectivity index (χ2v) is 15.0. The average molecular weight is 867 g/mol. The molecule has 1 aromatic heterocycles. The molecule has 1 heterocycles. The molecule has 20 nitrogen and oxygen atoms in total. The number of halogens is 1. The van der Waals surface area contributed by atoms with Gasteiger partial charge in [-0.3, -0.25) is 19.5 Å². The SMILES string of the molecule is NC(=O)c1nc(Cl)cnc1C(N)=NCCCCc1ccc(CC[C@H](NCCCN(C[C@H](O)[C@@H](O)[C@H](O)[C@H](O)CO)C[C@H](O)[C@@H](O)[C@H](O)[C@H](O)CO)C(N)=O)c2ccccc12. The maximum absolute atomic E-state index is 12.5. The molecule has 0 aliphatic rings. The van der Waals surface area contributed by atoms with E-state index in [1.165, 1.54) is 11.1 Å². The van der Waals surface area contributed by atoms with Crippen LogP contribution in [0.25, 0.3) is 10.8 Å². The van der Waals surface area contributed by atoms with E-state index in [1.54, 1.807) is 0 Å². The van der Waals surface area contributed by atoms with Gasteiger partial charge in [0.2, 0.25) is 5.91 Å². The lowest BCUT2D eigenvalue weighted by Gasteiger charge is -2.33. The molecule has 9 atom stereocenters. The molecule has 3 aromatic rings. The number of amidine groups is 1. The highest BCUT2D eigenvalue weighted by atomic mass is 35.5. The molecule has 60 heavy (non-hydrogen) atoms. The Balaban J connectivity index is 1.60. The maximum atomic E-state index is 12.5. The third-order valence-corrected chi connectivity index (χ3v) is 10.3. The van der Waals surface area contributed by atoms with Crippen LogP contribution in [0.5, 0.6) is 0 Å². The van der Waals surface area contributed by atoms with Gasteiger partial charge >= 0.3 is 0 Å². The van der Waals surface area contributed by atoms with Crippen LogP contribution in [-0.2, 0) is 17.6 Å². The van der Waals surface area contributed by atoms with Crippen molar-refractivity contribution in [2.24, 2.45) is 22.2 Å². The highest BCUT2D eigenvalue weighted by molar-refractivity contribution is 6.29. The van der Waals surface area contributed by atoms with Crippen molar-refractivity contribution in [1.29, 1.82) is 0 Å². The van der Waals surface area contributed by atoms with E-state index in [1.807, 2.05) is 36.4 Å². The van der Waals surface area contributed by atoms with Gasteiger partial charge in [0.15, 0.2) is 5.69 Å². The van der Waals surface area contributed by atoms with E-state index in [4.69, 9.17) is 39.0 Å². The third-order valence-electron chi connectivity index (χ3n) is 10.1. The number of carbonyl (C=O) groups is 2. The fraction of sp³-hybridized carbons (Fsp3) is 0.564. The molecule has 0 saturated heterocycles. The number of benzene rings is 2. The summed E-state index contributed by atoms with van der Waals surface area (Å²) in [5, 5.41) is 105. The number of nitrogens with one attached hydrogen (secondary N) is 1. The third kappa shape index (κ3) is 14.9. The predicted molar refractivity (Wildman–Crippen MR) is 221 cm³/mol. The van der Waals surface area contributed by atoms with E-state index in [9.17, 15) is 50.4 Å². The van der Waals surface area contributed by atoms with Crippen LogP contribution >= 0.6 is 11.6 Å². The number of nitrogens with zero attached hydrogens (tertiary/aromatic N) is 4. The standard InChI is InChI=1S/C39H59ClN8O12/c40-30-16-46-31(32(47-30)39(43)60)37(41)45-13-4-3-6-21-9-10-22(24-8-2-1-7-23(21)24)11-12-25(38(42)59)44-14-5-15-48(17-26(51)33(55)35(57)28(53)19-49)18-27(52)34(56)36(58)29(54)20-50/h1-2,7-10,16,25-29,33-36,44,49-58H,3-6,11-15,17-20H2,(H2,41,45)(H2,42,59)(H2,43,60)/t25-,26-,27-,28+,29+,33+,34+,35+,36+/m0/s1.